The van der Waals surface area contributed by atoms with Crippen LogP contribution in [0, 0.1) is 5.92 Å². The van der Waals surface area contributed by atoms with E-state index in [1.165, 1.54) is 6.08 Å². The highest BCUT2D eigenvalue weighted by molar-refractivity contribution is 5.93. The second kappa shape index (κ2) is 16.3. The standard InChI is InChI=1S/C43H48N4O6/c1-3-25-51-42(50)44-26-35-9-7-8-12-37(35)32-17-19-34(20-18-32)40-52-38(30(2)39(53-40)33-15-13-31(28-48)14-16-33)27-46-23-21-43(22-24-46)41(49)45-29-47(43)36-10-5-4-6-11-36/h3-20,30,38-40,48H,1,21-29H2,2H3,(H,44,50)(H,45,49)/t30-,38+,39+,40+/m1/s1. The second-order valence-electron chi connectivity index (χ2n) is 14.1. The molecular weight excluding hydrogens is 668 g/mol. The summed E-state index contributed by atoms with van der Waals surface area (Å²) in [4.78, 5) is 30.0. The monoisotopic (exact) mass is 716 g/mol. The number of carbonyl (C=O) groups excluding carboxylic acids is 2. The lowest BCUT2D eigenvalue weighted by Crippen LogP contribution is -2.57. The maximum atomic E-state index is 13.3. The number of anilines is 1. The molecule has 0 aliphatic carbocycles. The fraction of sp³-hybridized carbons (Fsp3) is 0.349. The van der Waals surface area contributed by atoms with Gasteiger partial charge in [-0.25, -0.2) is 4.79 Å². The number of aliphatic hydroxyl groups is 1. The van der Waals surface area contributed by atoms with Gasteiger partial charge in [-0.15, -0.1) is 0 Å². The maximum Gasteiger partial charge on any atom is 0.407 e. The molecule has 0 aromatic heterocycles. The summed E-state index contributed by atoms with van der Waals surface area (Å²) in [5.41, 5.74) is 6.28. The number of carbonyl (C=O) groups is 2. The third-order valence-electron chi connectivity index (χ3n) is 10.9. The summed E-state index contributed by atoms with van der Waals surface area (Å²) >= 11 is 0. The van der Waals surface area contributed by atoms with Crippen molar-refractivity contribution >= 4 is 17.7 Å². The van der Waals surface area contributed by atoms with Crippen molar-refractivity contribution in [1.29, 1.82) is 0 Å². The molecule has 7 rings (SSSR count). The molecule has 4 atom stereocenters. The molecule has 3 N–H and O–H groups in total. The molecule has 10 nitrogen and oxygen atoms in total. The largest absolute Gasteiger partial charge is 0.445 e. The zero-order valence-electron chi connectivity index (χ0n) is 30.2. The Morgan fingerprint density at radius 1 is 0.962 bits per heavy atom. The van der Waals surface area contributed by atoms with Crippen molar-refractivity contribution in [3.63, 3.8) is 0 Å². The fourth-order valence-electron chi connectivity index (χ4n) is 7.85. The number of nitrogens with zero attached hydrogens (tertiary/aromatic N) is 2. The van der Waals surface area contributed by atoms with Gasteiger partial charge in [0.2, 0.25) is 5.91 Å². The zero-order valence-corrected chi connectivity index (χ0v) is 30.2. The molecule has 2 amide bonds. The van der Waals surface area contributed by atoms with E-state index in [0.717, 1.165) is 65.0 Å². The molecule has 1 spiro atoms. The molecule has 3 aliphatic heterocycles. The van der Waals surface area contributed by atoms with Crippen LogP contribution in [-0.4, -0.2) is 66.6 Å². The molecule has 53 heavy (non-hydrogen) atoms. The van der Waals surface area contributed by atoms with Crippen LogP contribution in [0.5, 0.6) is 0 Å². The molecule has 4 aromatic carbocycles. The number of hydrogen-bond donors (Lipinski definition) is 3. The average Bonchev–Trinajstić information content (AvgIpc) is 3.52. The summed E-state index contributed by atoms with van der Waals surface area (Å²) in [6, 6.07) is 34.3. The Kier molecular flexibility index (Phi) is 11.2. The Balaban J connectivity index is 1.08. The van der Waals surface area contributed by atoms with Crippen LogP contribution in [0.2, 0.25) is 0 Å². The number of piperidine rings is 1. The van der Waals surface area contributed by atoms with Crippen LogP contribution in [0.4, 0.5) is 10.5 Å². The third-order valence-corrected chi connectivity index (χ3v) is 10.9. The van der Waals surface area contributed by atoms with Gasteiger partial charge in [0, 0.05) is 43.3 Å². The van der Waals surface area contributed by atoms with Crippen molar-refractivity contribution < 1.29 is 28.9 Å². The number of alkyl carbamates (subject to hydrolysis) is 1. The summed E-state index contributed by atoms with van der Waals surface area (Å²) in [6.07, 6.45) is 1.53. The Labute approximate surface area is 311 Å². The molecule has 276 valence electrons. The van der Waals surface area contributed by atoms with Gasteiger partial charge in [0.15, 0.2) is 6.29 Å². The maximum absolute atomic E-state index is 13.3. The van der Waals surface area contributed by atoms with E-state index in [1.54, 1.807) is 0 Å². The van der Waals surface area contributed by atoms with Gasteiger partial charge in [0.1, 0.15) is 12.1 Å². The van der Waals surface area contributed by atoms with Gasteiger partial charge < -0.3 is 39.8 Å². The van der Waals surface area contributed by atoms with E-state index in [1.807, 2.05) is 78.9 Å². The van der Waals surface area contributed by atoms with Crippen LogP contribution in [0.1, 0.15) is 54.4 Å². The molecule has 3 aliphatic rings. The predicted molar refractivity (Wildman–Crippen MR) is 204 cm³/mol. The Bertz CT molecular complexity index is 1860. The number of benzene rings is 4. The zero-order chi connectivity index (χ0) is 36.8. The summed E-state index contributed by atoms with van der Waals surface area (Å²) in [5, 5.41) is 15.6. The van der Waals surface area contributed by atoms with Gasteiger partial charge in [0.05, 0.1) is 25.5 Å². The van der Waals surface area contributed by atoms with E-state index < -0.39 is 17.9 Å². The van der Waals surface area contributed by atoms with Gasteiger partial charge >= 0.3 is 6.09 Å². The van der Waals surface area contributed by atoms with Crippen molar-refractivity contribution in [3.8, 4) is 11.1 Å². The average molecular weight is 717 g/mol. The van der Waals surface area contributed by atoms with Crippen molar-refractivity contribution in [1.82, 2.24) is 15.5 Å². The topological polar surface area (TPSA) is 113 Å². The highest BCUT2D eigenvalue weighted by Gasteiger charge is 2.51. The van der Waals surface area contributed by atoms with Gasteiger partial charge in [-0.3, -0.25) is 4.79 Å². The smallest absolute Gasteiger partial charge is 0.407 e. The van der Waals surface area contributed by atoms with Crippen LogP contribution >= 0.6 is 0 Å². The van der Waals surface area contributed by atoms with Gasteiger partial charge in [-0.2, -0.15) is 0 Å². The molecule has 0 bridgehead atoms. The lowest BCUT2D eigenvalue weighted by atomic mass is 9.84. The first kappa shape index (κ1) is 36.4. The molecular formula is C43H48N4O6. The molecule has 3 saturated heterocycles. The van der Waals surface area contributed by atoms with Crippen molar-refractivity contribution in [3.05, 3.63) is 138 Å². The Morgan fingerprint density at radius 2 is 1.66 bits per heavy atom. The van der Waals surface area contributed by atoms with Crippen LogP contribution in [0.3, 0.4) is 0 Å². The number of rotatable bonds is 11. The van der Waals surface area contributed by atoms with Crippen molar-refractivity contribution in [2.75, 3.05) is 37.8 Å². The molecule has 3 fully saturated rings. The summed E-state index contributed by atoms with van der Waals surface area (Å²) in [5.74, 6) is 0.144. The van der Waals surface area contributed by atoms with Crippen LogP contribution in [0.15, 0.2) is 116 Å². The molecule has 3 heterocycles. The van der Waals surface area contributed by atoms with E-state index >= 15 is 0 Å². The fourth-order valence-corrected chi connectivity index (χ4v) is 7.85. The number of likely N-dealkylation sites (tertiary alicyclic amines) is 1. The number of para-hydroxylation sites is 1. The summed E-state index contributed by atoms with van der Waals surface area (Å²) < 4.78 is 18.6. The minimum Gasteiger partial charge on any atom is -0.445 e. The quantitative estimate of drug-likeness (QED) is 0.151. The number of amides is 2. The van der Waals surface area contributed by atoms with Crippen LogP contribution in [-0.2, 0) is 32.2 Å². The van der Waals surface area contributed by atoms with Crippen molar-refractivity contribution in [2.45, 2.75) is 57.0 Å². The predicted octanol–water partition coefficient (Wildman–Crippen LogP) is 6.48. The molecule has 0 saturated carbocycles. The van der Waals surface area contributed by atoms with Crippen molar-refractivity contribution in [2.24, 2.45) is 5.92 Å². The van der Waals surface area contributed by atoms with E-state index in [9.17, 15) is 14.7 Å². The first-order valence-electron chi connectivity index (χ1n) is 18.4. The van der Waals surface area contributed by atoms with E-state index in [4.69, 9.17) is 14.2 Å². The normalized spacial score (nSPS) is 22.7. The minimum atomic E-state index is -0.602. The minimum absolute atomic E-state index is 0.0170. The lowest BCUT2D eigenvalue weighted by Gasteiger charge is -2.46. The van der Waals surface area contributed by atoms with Gasteiger partial charge in [-0.05, 0) is 52.8 Å². The first-order chi connectivity index (χ1) is 25.9. The Hall–Kier alpha value is -5.00. The number of aliphatic hydroxyl groups excluding tert-OH is 1. The first-order valence-corrected chi connectivity index (χ1v) is 18.4. The SMILES string of the molecule is C=CCOC(=O)NCc1ccccc1-c1ccc([C@H]2O[C@@H](CN3CCC4(CC3)C(=O)NCN4c3ccccc3)[C@@H](C)[C@@H](c3ccc(CO)cc3)O2)cc1. The van der Waals surface area contributed by atoms with E-state index in [-0.39, 0.29) is 37.2 Å². The summed E-state index contributed by atoms with van der Waals surface area (Å²) in [6.45, 7) is 9.01. The molecule has 0 unspecified atom stereocenters. The molecule has 0 radical (unpaired) electrons. The Morgan fingerprint density at radius 3 is 2.38 bits per heavy atom. The third kappa shape index (κ3) is 7.87. The van der Waals surface area contributed by atoms with Gasteiger partial charge in [-0.1, -0.05) is 111 Å². The number of hydrogen-bond acceptors (Lipinski definition) is 8. The molecule has 10 heteroatoms. The molecule has 4 aromatic rings. The van der Waals surface area contributed by atoms with Gasteiger partial charge in [0.25, 0.3) is 0 Å². The number of nitrogens with one attached hydrogen (secondary N) is 2. The van der Waals surface area contributed by atoms with E-state index in [0.29, 0.717) is 19.8 Å². The van der Waals surface area contributed by atoms with Crippen LogP contribution < -0.4 is 15.5 Å². The lowest BCUT2D eigenvalue weighted by molar-refractivity contribution is -0.276. The highest BCUT2D eigenvalue weighted by atomic mass is 16.7. The highest BCUT2D eigenvalue weighted by Crippen LogP contribution is 2.43. The summed E-state index contributed by atoms with van der Waals surface area (Å²) in [7, 11) is 0. The van der Waals surface area contributed by atoms with E-state index in [2.05, 4.69) is 58.2 Å². The second-order valence-corrected chi connectivity index (χ2v) is 14.1. The van der Waals surface area contributed by atoms with Crippen LogP contribution in [0.25, 0.3) is 11.1 Å². The number of ether oxygens (including phenoxy) is 3.